The Labute approximate surface area is 571 Å². The van der Waals surface area contributed by atoms with Gasteiger partial charge in [0.2, 0.25) is 0 Å². The number of phosphoric acid groups is 2. The van der Waals surface area contributed by atoms with Crippen molar-refractivity contribution in [2.45, 2.75) is 333 Å². The molecule has 0 fully saturated rings. The van der Waals surface area contributed by atoms with Gasteiger partial charge in [0.1, 0.15) is 43.8 Å². The quantitative estimate of drug-likeness (QED) is 0.0128. The van der Waals surface area contributed by atoms with Crippen molar-refractivity contribution >= 4 is 40.5 Å². The fourth-order valence-electron chi connectivity index (χ4n) is 10.2. The second-order valence-electron chi connectivity index (χ2n) is 25.1. The smallest absolute Gasteiger partial charge is 0.463 e. The van der Waals surface area contributed by atoms with Crippen LogP contribution in [0.5, 0.6) is 0 Å². The highest BCUT2D eigenvalue weighted by atomic mass is 31.2. The molecule has 0 bridgehead atoms. The maximum atomic E-state index is 13.1. The average Bonchev–Trinajstić information content (AvgIpc) is 2.10. The van der Waals surface area contributed by atoms with Crippen LogP contribution in [-0.2, 0) is 65.4 Å². The number of aliphatic hydroxyl groups excluding tert-OH is 1. The summed E-state index contributed by atoms with van der Waals surface area (Å²) in [4.78, 5) is 65.4. The number of rotatable bonds is 77. The normalized spacial score (nSPS) is 14.4. The minimum atomic E-state index is -4.80. The summed E-state index contributed by atoms with van der Waals surface area (Å²) < 4.78 is 70.4. The summed E-state index contributed by atoms with van der Waals surface area (Å²) in [6, 6.07) is 0. The molecule has 0 aromatic heterocycles. The molecular weight excluding hydrogens is 1230 g/mol. The van der Waals surface area contributed by atoms with Crippen molar-refractivity contribution in [1.82, 2.24) is 0 Å². The van der Waals surface area contributed by atoms with Gasteiger partial charge in [0, 0.05) is 45.5 Å². The average molecular weight is 1370 g/mol. The van der Waals surface area contributed by atoms with Gasteiger partial charge in [-0.1, -0.05) is 203 Å². The lowest BCUT2D eigenvalue weighted by Crippen LogP contribution is -2.28. The van der Waals surface area contributed by atoms with Crippen LogP contribution in [0.3, 0.4) is 0 Å². The van der Waals surface area contributed by atoms with E-state index in [9.17, 15) is 43.2 Å². The van der Waals surface area contributed by atoms with E-state index < -0.39 is 59.7 Å². The number of aldehydes is 3. The maximum Gasteiger partial charge on any atom is 0.472 e. The molecule has 3 N–H and O–H groups in total. The summed E-state index contributed by atoms with van der Waals surface area (Å²) >= 11 is 0. The largest absolute Gasteiger partial charge is 0.472 e. The minimum Gasteiger partial charge on any atom is -0.463 e. The number of carbonyl (C=O) groups excluding carboxylic acids is 4. The first-order valence-corrected chi connectivity index (χ1v) is 40.4. The topological polar surface area (TPSA) is 237 Å². The molecule has 19 heteroatoms. The Bertz CT molecular complexity index is 1930. The summed E-state index contributed by atoms with van der Waals surface area (Å²) in [6.45, 7) is 1.14. The van der Waals surface area contributed by atoms with E-state index in [4.69, 9.17) is 37.0 Å². The zero-order valence-corrected chi connectivity index (χ0v) is 60.8. The van der Waals surface area contributed by atoms with Gasteiger partial charge in [-0.15, -0.1) is 0 Å². The van der Waals surface area contributed by atoms with Crippen molar-refractivity contribution in [3.8, 4) is 0 Å². The SMILES string of the molecule is CCCCCC/C=C\C=C/CCCCCCCC(=O)OC[C@H](COP(=O)(O)OC[C@H](O)COP(=O)(O)OC[C@@H](COCCCCCCC/C=C\CCCCCCC=O)OCCCCCCC/C=C\CCCCCCC=O)OCCCCCCC/C=C\CCCCCCC=O. The molecule has 0 heterocycles. The van der Waals surface area contributed by atoms with Gasteiger partial charge < -0.3 is 48.2 Å². The molecule has 17 nitrogen and oxygen atoms in total. The number of aliphatic hydroxyl groups is 1. The number of allylic oxidation sites excluding steroid dienone is 10. The lowest BCUT2D eigenvalue weighted by Gasteiger charge is -2.21. The van der Waals surface area contributed by atoms with Gasteiger partial charge in [0.15, 0.2) is 0 Å². The van der Waals surface area contributed by atoms with E-state index in [1.165, 1.54) is 32.1 Å². The van der Waals surface area contributed by atoms with Crippen LogP contribution >= 0.6 is 15.6 Å². The van der Waals surface area contributed by atoms with Crippen molar-refractivity contribution in [3.63, 3.8) is 0 Å². The number of hydrogen-bond donors (Lipinski definition) is 3. The highest BCUT2D eigenvalue weighted by Crippen LogP contribution is 2.45. The zero-order valence-electron chi connectivity index (χ0n) is 59.0. The molecule has 0 aromatic rings. The summed E-state index contributed by atoms with van der Waals surface area (Å²) in [7, 11) is -9.53. The third-order valence-electron chi connectivity index (χ3n) is 16.0. The molecule has 0 radical (unpaired) electrons. The summed E-state index contributed by atoms with van der Waals surface area (Å²) in [5.41, 5.74) is 0. The molecule has 0 aliphatic carbocycles. The van der Waals surface area contributed by atoms with E-state index >= 15 is 0 Å². The molecular formula is C75H136O17P2. The highest BCUT2D eigenvalue weighted by Gasteiger charge is 2.29. The van der Waals surface area contributed by atoms with Crippen LogP contribution in [0.2, 0.25) is 0 Å². The monoisotopic (exact) mass is 1370 g/mol. The molecule has 5 atom stereocenters. The molecule has 94 heavy (non-hydrogen) atoms. The van der Waals surface area contributed by atoms with Crippen LogP contribution in [0.1, 0.15) is 315 Å². The fraction of sp³-hybridized carbons (Fsp3) is 0.813. The van der Waals surface area contributed by atoms with E-state index in [1.807, 2.05) is 0 Å². The van der Waals surface area contributed by atoms with Crippen LogP contribution in [0.25, 0.3) is 0 Å². The van der Waals surface area contributed by atoms with Crippen LogP contribution in [0, 0.1) is 0 Å². The fourth-order valence-corrected chi connectivity index (χ4v) is 11.8. The Kier molecular flexibility index (Phi) is 70.8. The standard InChI is InChI=1S/C75H136O17P2/c1-2-3-4-5-6-7-8-9-10-17-24-31-38-45-52-59-75(80)88-69-74(87-65-58-51-44-37-30-23-16-13-20-27-34-41-48-55-62-78)71-92-94(83,84)90-67-72(79)66-89-93(81,82)91-70-73(86-64-57-50-43-36-29-22-15-12-19-26-33-40-47-54-61-77)68-85-63-56-49-42-35-28-21-14-11-18-25-32-39-46-53-60-76/h7-16,60-62,72-74,79H,2-6,17-59,63-71H2,1H3,(H,81,82)(H,83,84)/b8-7-,10-9-,14-11-,15-12-,16-13-/t72-,73-,74-/m1/s1. The predicted octanol–water partition coefficient (Wildman–Crippen LogP) is 20.1. The number of ether oxygens (including phenoxy) is 4. The maximum absolute atomic E-state index is 13.1. The van der Waals surface area contributed by atoms with Gasteiger partial charge in [-0.2, -0.15) is 0 Å². The number of phosphoric ester groups is 2. The molecule has 548 valence electrons. The predicted molar refractivity (Wildman–Crippen MR) is 382 cm³/mol. The third kappa shape index (κ3) is 72.0. The molecule has 0 aliphatic rings. The van der Waals surface area contributed by atoms with Crippen molar-refractivity contribution in [3.05, 3.63) is 60.8 Å². The van der Waals surface area contributed by atoms with Gasteiger partial charge in [0.25, 0.3) is 0 Å². The molecule has 0 amide bonds. The van der Waals surface area contributed by atoms with E-state index in [0.29, 0.717) is 45.5 Å². The van der Waals surface area contributed by atoms with Crippen molar-refractivity contribution in [2.24, 2.45) is 0 Å². The Balaban J connectivity index is 5.13. The van der Waals surface area contributed by atoms with E-state index in [2.05, 4.69) is 67.7 Å². The Morgan fingerprint density at radius 2 is 0.628 bits per heavy atom. The molecule has 2 unspecified atom stereocenters. The first-order chi connectivity index (χ1) is 46.0. The van der Waals surface area contributed by atoms with Crippen LogP contribution in [0.4, 0.5) is 0 Å². The first-order valence-electron chi connectivity index (χ1n) is 37.4. The third-order valence-corrected chi connectivity index (χ3v) is 17.9. The van der Waals surface area contributed by atoms with E-state index in [1.54, 1.807) is 0 Å². The van der Waals surface area contributed by atoms with Gasteiger partial charge in [-0.05, 0) is 148 Å². The Morgan fingerprint density at radius 1 is 0.340 bits per heavy atom. The molecule has 0 saturated heterocycles. The minimum absolute atomic E-state index is 0.145. The summed E-state index contributed by atoms with van der Waals surface area (Å²) in [5, 5.41) is 10.6. The van der Waals surface area contributed by atoms with Crippen LogP contribution in [0.15, 0.2) is 60.8 Å². The van der Waals surface area contributed by atoms with E-state index in [-0.39, 0.29) is 26.2 Å². The molecule has 0 rings (SSSR count). The highest BCUT2D eigenvalue weighted by molar-refractivity contribution is 7.47. The molecule has 0 aromatic carbocycles. The second-order valence-corrected chi connectivity index (χ2v) is 28.0. The van der Waals surface area contributed by atoms with E-state index in [0.717, 1.165) is 263 Å². The summed E-state index contributed by atoms with van der Waals surface area (Å²) in [6.07, 6.45) is 71.1. The van der Waals surface area contributed by atoms with Crippen LogP contribution in [-0.4, -0.2) is 117 Å². The van der Waals surface area contributed by atoms with Crippen molar-refractivity contribution in [1.29, 1.82) is 0 Å². The lowest BCUT2D eigenvalue weighted by molar-refractivity contribution is -0.149. The molecule has 0 spiro atoms. The van der Waals surface area contributed by atoms with Gasteiger partial charge in [-0.3, -0.25) is 22.9 Å². The lowest BCUT2D eigenvalue weighted by atomic mass is 10.1. The molecule has 0 aliphatic heterocycles. The zero-order chi connectivity index (χ0) is 68.5. The number of hydrogen-bond acceptors (Lipinski definition) is 15. The van der Waals surface area contributed by atoms with Gasteiger partial charge >= 0.3 is 21.6 Å². The first kappa shape index (κ1) is 91.2. The van der Waals surface area contributed by atoms with Gasteiger partial charge in [0.05, 0.1) is 33.0 Å². The number of carbonyl (C=O) groups is 4. The van der Waals surface area contributed by atoms with Gasteiger partial charge in [-0.25, -0.2) is 9.13 Å². The van der Waals surface area contributed by atoms with Crippen molar-refractivity contribution in [2.75, 3.05) is 59.5 Å². The summed E-state index contributed by atoms with van der Waals surface area (Å²) in [5.74, 6) is -0.391. The van der Waals surface area contributed by atoms with Crippen LogP contribution < -0.4 is 0 Å². The Hall–Kier alpha value is -2.76. The number of esters is 1. The Morgan fingerprint density at radius 3 is 0.989 bits per heavy atom. The number of unbranched alkanes of at least 4 members (excludes halogenated alkanes) is 39. The molecule has 0 saturated carbocycles. The second kappa shape index (κ2) is 73.0. The van der Waals surface area contributed by atoms with Crippen molar-refractivity contribution < 1.29 is 80.2 Å².